The molecule has 0 aliphatic rings. The Hall–Kier alpha value is -1.38. The molecule has 0 fully saturated rings. The highest BCUT2D eigenvalue weighted by Crippen LogP contribution is 2.23. The summed E-state index contributed by atoms with van der Waals surface area (Å²) < 4.78 is 13.5. The summed E-state index contributed by atoms with van der Waals surface area (Å²) in [6.45, 7) is 0. The molecule has 2 aromatic carbocycles. The first-order valence-electron chi connectivity index (χ1n) is 4.84. The van der Waals surface area contributed by atoms with Gasteiger partial charge in [-0.25, -0.2) is 4.39 Å². The predicted octanol–water partition coefficient (Wildman–Crippen LogP) is 4.36. The Morgan fingerprint density at radius 1 is 1.06 bits per heavy atom. The third-order valence-corrected chi connectivity index (χ3v) is 2.83. The monoisotopic (exact) mass is 268 g/mol. The summed E-state index contributed by atoms with van der Waals surface area (Å²) >= 11 is 11.6. The van der Waals surface area contributed by atoms with Gasteiger partial charge in [-0.3, -0.25) is 4.79 Å². The van der Waals surface area contributed by atoms with Gasteiger partial charge in [0.2, 0.25) is 0 Å². The topological polar surface area (TPSA) is 17.1 Å². The number of carbonyl (C=O) groups is 1. The van der Waals surface area contributed by atoms with Gasteiger partial charge in [0, 0.05) is 10.6 Å². The molecule has 0 aromatic heterocycles. The largest absolute Gasteiger partial charge is 0.288 e. The van der Waals surface area contributed by atoms with Crippen molar-refractivity contribution in [1.82, 2.24) is 0 Å². The molecule has 2 rings (SSSR count). The zero-order valence-corrected chi connectivity index (χ0v) is 10.1. The molecule has 0 saturated heterocycles. The van der Waals surface area contributed by atoms with E-state index in [0.717, 1.165) is 0 Å². The molecule has 0 aliphatic heterocycles. The molecule has 4 heteroatoms. The average molecular weight is 269 g/mol. The molecular formula is C13H7Cl2FO. The number of carbonyl (C=O) groups excluding carboxylic acids is 1. The van der Waals surface area contributed by atoms with E-state index < -0.39 is 11.6 Å². The smallest absolute Gasteiger partial charge is 0.197 e. The van der Waals surface area contributed by atoms with Crippen molar-refractivity contribution >= 4 is 29.0 Å². The summed E-state index contributed by atoms with van der Waals surface area (Å²) in [7, 11) is 0. The van der Waals surface area contributed by atoms with E-state index in [0.29, 0.717) is 10.6 Å². The van der Waals surface area contributed by atoms with Gasteiger partial charge in [-0.15, -0.1) is 0 Å². The van der Waals surface area contributed by atoms with E-state index in [-0.39, 0.29) is 10.6 Å². The lowest BCUT2D eigenvalue weighted by atomic mass is 10.0. The molecule has 1 nitrogen and oxygen atoms in total. The fourth-order valence-electron chi connectivity index (χ4n) is 1.49. The minimum atomic E-state index is -0.637. The quantitative estimate of drug-likeness (QED) is 0.740. The summed E-state index contributed by atoms with van der Waals surface area (Å²) in [4.78, 5) is 12.1. The maximum Gasteiger partial charge on any atom is 0.197 e. The minimum Gasteiger partial charge on any atom is -0.288 e. The Balaban J connectivity index is 2.51. The van der Waals surface area contributed by atoms with Crippen LogP contribution in [-0.2, 0) is 0 Å². The van der Waals surface area contributed by atoms with Crippen LogP contribution in [-0.4, -0.2) is 5.78 Å². The van der Waals surface area contributed by atoms with Crippen molar-refractivity contribution in [2.24, 2.45) is 0 Å². The molecule has 0 N–H and O–H groups in total. The van der Waals surface area contributed by atoms with E-state index in [1.165, 1.54) is 24.3 Å². The normalized spacial score (nSPS) is 10.3. The molecule has 0 unspecified atom stereocenters. The van der Waals surface area contributed by atoms with Gasteiger partial charge < -0.3 is 0 Å². The first kappa shape index (κ1) is 12.1. The maximum atomic E-state index is 13.5. The Labute approximate surface area is 108 Å². The van der Waals surface area contributed by atoms with Crippen LogP contribution in [0.25, 0.3) is 0 Å². The molecule has 0 bridgehead atoms. The summed E-state index contributed by atoms with van der Waals surface area (Å²) in [6, 6.07) is 10.4. The van der Waals surface area contributed by atoms with Crippen LogP contribution in [0.5, 0.6) is 0 Å². The average Bonchev–Trinajstić information content (AvgIpc) is 2.28. The number of hydrogen-bond acceptors (Lipinski definition) is 1. The van der Waals surface area contributed by atoms with Crippen LogP contribution in [0.4, 0.5) is 4.39 Å². The Kier molecular flexibility index (Phi) is 3.46. The molecule has 0 heterocycles. The number of ketones is 1. The molecule has 0 amide bonds. The summed E-state index contributed by atoms with van der Waals surface area (Å²) in [5, 5.41) is 0.512. The highest BCUT2D eigenvalue weighted by molar-refractivity contribution is 6.35. The summed E-state index contributed by atoms with van der Waals surface area (Å²) in [6.07, 6.45) is 0. The maximum absolute atomic E-state index is 13.5. The van der Waals surface area contributed by atoms with E-state index in [2.05, 4.69) is 0 Å². The first-order valence-corrected chi connectivity index (χ1v) is 5.59. The lowest BCUT2D eigenvalue weighted by molar-refractivity contribution is 0.103. The van der Waals surface area contributed by atoms with Gasteiger partial charge in [-0.2, -0.15) is 0 Å². The van der Waals surface area contributed by atoms with Crippen molar-refractivity contribution < 1.29 is 9.18 Å². The van der Waals surface area contributed by atoms with Crippen molar-refractivity contribution in [2.45, 2.75) is 0 Å². The van der Waals surface area contributed by atoms with Crippen LogP contribution in [0.15, 0.2) is 42.5 Å². The van der Waals surface area contributed by atoms with E-state index in [1.54, 1.807) is 18.2 Å². The van der Waals surface area contributed by atoms with E-state index in [9.17, 15) is 9.18 Å². The fraction of sp³-hybridized carbons (Fsp3) is 0. The highest BCUT2D eigenvalue weighted by Gasteiger charge is 2.17. The number of rotatable bonds is 2. The van der Waals surface area contributed by atoms with Crippen molar-refractivity contribution in [2.75, 3.05) is 0 Å². The van der Waals surface area contributed by atoms with Gasteiger partial charge in [0.15, 0.2) is 5.78 Å². The molecule has 2 aromatic rings. The van der Waals surface area contributed by atoms with Gasteiger partial charge in [0.05, 0.1) is 10.6 Å². The summed E-state index contributed by atoms with van der Waals surface area (Å²) in [5.74, 6) is -1.11. The van der Waals surface area contributed by atoms with Crippen molar-refractivity contribution in [1.29, 1.82) is 0 Å². The first-order chi connectivity index (χ1) is 8.09. The van der Waals surface area contributed by atoms with Crippen LogP contribution in [0, 0.1) is 5.82 Å². The minimum absolute atomic E-state index is 0.0926. The second-order valence-electron chi connectivity index (χ2n) is 3.44. The standard InChI is InChI=1S/C13H7Cl2FO/c14-9-4-1-3-8(7-9)13(17)12-10(15)5-2-6-11(12)16/h1-7H. The molecule has 0 saturated carbocycles. The van der Waals surface area contributed by atoms with Gasteiger partial charge in [0.25, 0.3) is 0 Å². The van der Waals surface area contributed by atoms with E-state index in [1.807, 2.05) is 0 Å². The van der Waals surface area contributed by atoms with Gasteiger partial charge >= 0.3 is 0 Å². The van der Waals surface area contributed by atoms with Crippen LogP contribution in [0.3, 0.4) is 0 Å². The van der Waals surface area contributed by atoms with Crippen molar-refractivity contribution in [3.63, 3.8) is 0 Å². The highest BCUT2D eigenvalue weighted by atomic mass is 35.5. The third kappa shape index (κ3) is 2.48. The second-order valence-corrected chi connectivity index (χ2v) is 4.28. The van der Waals surface area contributed by atoms with Gasteiger partial charge in [0.1, 0.15) is 5.82 Å². The molecule has 86 valence electrons. The lowest BCUT2D eigenvalue weighted by Crippen LogP contribution is -2.05. The SMILES string of the molecule is O=C(c1cccc(Cl)c1)c1c(F)cccc1Cl. The Morgan fingerprint density at radius 2 is 1.76 bits per heavy atom. The molecule has 0 spiro atoms. The molecule has 17 heavy (non-hydrogen) atoms. The van der Waals surface area contributed by atoms with E-state index >= 15 is 0 Å². The van der Waals surface area contributed by atoms with Crippen LogP contribution in [0.2, 0.25) is 10.0 Å². The van der Waals surface area contributed by atoms with Crippen molar-refractivity contribution in [3.05, 3.63) is 69.5 Å². The third-order valence-electron chi connectivity index (χ3n) is 2.28. The number of halogens is 3. The van der Waals surface area contributed by atoms with E-state index in [4.69, 9.17) is 23.2 Å². The lowest BCUT2D eigenvalue weighted by Gasteiger charge is -2.05. The second kappa shape index (κ2) is 4.86. The fourth-order valence-corrected chi connectivity index (χ4v) is 1.93. The number of hydrogen-bond donors (Lipinski definition) is 0. The Bertz CT molecular complexity index is 561. The van der Waals surface area contributed by atoms with Gasteiger partial charge in [-0.1, -0.05) is 41.4 Å². The van der Waals surface area contributed by atoms with Gasteiger partial charge in [-0.05, 0) is 24.3 Å². The molecular weight excluding hydrogens is 262 g/mol. The Morgan fingerprint density at radius 3 is 2.41 bits per heavy atom. The zero-order chi connectivity index (χ0) is 12.4. The van der Waals surface area contributed by atoms with Crippen LogP contribution in [0.1, 0.15) is 15.9 Å². The molecule has 0 atom stereocenters. The number of benzene rings is 2. The zero-order valence-electron chi connectivity index (χ0n) is 8.58. The molecule has 0 radical (unpaired) electrons. The molecule has 0 aliphatic carbocycles. The van der Waals surface area contributed by atoms with Crippen LogP contribution >= 0.6 is 23.2 Å². The predicted molar refractivity (Wildman–Crippen MR) is 66.3 cm³/mol. The van der Waals surface area contributed by atoms with Crippen LogP contribution < -0.4 is 0 Å². The van der Waals surface area contributed by atoms with Crippen molar-refractivity contribution in [3.8, 4) is 0 Å². The summed E-state index contributed by atoms with van der Waals surface area (Å²) in [5.41, 5.74) is 0.181.